The van der Waals surface area contributed by atoms with Crippen molar-refractivity contribution >= 4 is 5.69 Å². The molecule has 15 heavy (non-hydrogen) atoms. The van der Waals surface area contributed by atoms with Crippen molar-refractivity contribution in [2.75, 3.05) is 5.48 Å². The van der Waals surface area contributed by atoms with Gasteiger partial charge in [-0.3, -0.25) is 10.3 Å². The number of benzene rings is 2. The van der Waals surface area contributed by atoms with Gasteiger partial charge in [0, 0.05) is 0 Å². The molecule has 2 heteroatoms. The number of para-hydroxylation sites is 1. The normalized spacial score (nSPS) is 9.87. The summed E-state index contributed by atoms with van der Waals surface area (Å²) in [5.74, 6) is 0. The summed E-state index contributed by atoms with van der Waals surface area (Å²) in [6.45, 7) is 0.565. The van der Waals surface area contributed by atoms with Gasteiger partial charge in [-0.05, 0) is 17.7 Å². The summed E-state index contributed by atoms with van der Waals surface area (Å²) < 4.78 is 0. The number of hydrogen-bond donors (Lipinski definition) is 1. The zero-order valence-electron chi connectivity index (χ0n) is 8.39. The van der Waals surface area contributed by atoms with E-state index >= 15 is 0 Å². The Labute approximate surface area is 89.5 Å². The number of hydrogen-bond acceptors (Lipinski definition) is 2. The number of nitrogens with one attached hydrogen (secondary N) is 1. The fraction of sp³-hybridized carbons (Fsp3) is 0.0769. The predicted octanol–water partition coefficient (Wildman–Crippen LogP) is 3.23. The van der Waals surface area contributed by atoms with Crippen LogP contribution in [-0.2, 0) is 11.4 Å². The second-order valence-electron chi connectivity index (χ2n) is 3.24. The van der Waals surface area contributed by atoms with E-state index in [9.17, 15) is 0 Å². The first kappa shape index (κ1) is 9.74. The summed E-state index contributed by atoms with van der Waals surface area (Å²) in [4.78, 5) is 5.36. The largest absolute Gasteiger partial charge is 0.271 e. The molecule has 0 spiro atoms. The van der Waals surface area contributed by atoms with Crippen LogP contribution in [0.4, 0.5) is 5.69 Å². The van der Waals surface area contributed by atoms with Crippen molar-refractivity contribution in [3.8, 4) is 0 Å². The van der Waals surface area contributed by atoms with Crippen LogP contribution >= 0.6 is 0 Å². The van der Waals surface area contributed by atoms with E-state index in [1.54, 1.807) is 0 Å². The Kier molecular flexibility index (Phi) is 3.36. The van der Waals surface area contributed by atoms with Crippen molar-refractivity contribution < 1.29 is 4.84 Å². The molecule has 0 aliphatic heterocycles. The summed E-state index contributed by atoms with van der Waals surface area (Å²) >= 11 is 0. The molecule has 0 amide bonds. The van der Waals surface area contributed by atoms with Crippen molar-refractivity contribution in [3.05, 3.63) is 66.2 Å². The van der Waals surface area contributed by atoms with E-state index in [-0.39, 0.29) is 0 Å². The van der Waals surface area contributed by atoms with Crippen molar-refractivity contribution in [1.29, 1.82) is 0 Å². The predicted molar refractivity (Wildman–Crippen MR) is 61.3 cm³/mol. The lowest BCUT2D eigenvalue weighted by molar-refractivity contribution is 0.180. The zero-order chi connectivity index (χ0) is 10.3. The van der Waals surface area contributed by atoms with Gasteiger partial charge in [-0.1, -0.05) is 48.5 Å². The molecule has 0 aliphatic carbocycles. The minimum absolute atomic E-state index is 0.565. The van der Waals surface area contributed by atoms with Crippen LogP contribution in [0.2, 0.25) is 0 Å². The van der Waals surface area contributed by atoms with E-state index in [2.05, 4.69) is 5.48 Å². The van der Waals surface area contributed by atoms with E-state index in [0.717, 1.165) is 11.3 Å². The molecule has 0 aromatic heterocycles. The van der Waals surface area contributed by atoms with Gasteiger partial charge in [-0.15, -0.1) is 0 Å². The lowest BCUT2D eigenvalue weighted by Gasteiger charge is -2.06. The van der Waals surface area contributed by atoms with Crippen molar-refractivity contribution in [1.82, 2.24) is 0 Å². The maximum absolute atomic E-state index is 5.36. The molecule has 0 saturated heterocycles. The summed E-state index contributed by atoms with van der Waals surface area (Å²) in [5, 5.41) is 0. The topological polar surface area (TPSA) is 21.3 Å². The molecule has 2 rings (SSSR count). The molecule has 0 unspecified atom stereocenters. The maximum Gasteiger partial charge on any atom is 0.0996 e. The summed E-state index contributed by atoms with van der Waals surface area (Å²) in [7, 11) is 0. The minimum atomic E-state index is 0.565. The van der Waals surface area contributed by atoms with Gasteiger partial charge >= 0.3 is 0 Å². The molecule has 0 fully saturated rings. The van der Waals surface area contributed by atoms with Crippen LogP contribution in [0.15, 0.2) is 60.7 Å². The van der Waals surface area contributed by atoms with Crippen LogP contribution in [0.25, 0.3) is 0 Å². The van der Waals surface area contributed by atoms with Gasteiger partial charge in [0.2, 0.25) is 0 Å². The van der Waals surface area contributed by atoms with Crippen LogP contribution in [-0.4, -0.2) is 0 Å². The highest BCUT2D eigenvalue weighted by atomic mass is 16.6. The van der Waals surface area contributed by atoms with E-state index in [1.807, 2.05) is 60.7 Å². The molecule has 0 bridgehead atoms. The summed E-state index contributed by atoms with van der Waals surface area (Å²) in [6.07, 6.45) is 0. The Balaban J connectivity index is 1.81. The highest BCUT2D eigenvalue weighted by Gasteiger charge is 1.91. The molecule has 76 valence electrons. The molecule has 0 radical (unpaired) electrons. The quantitative estimate of drug-likeness (QED) is 0.763. The zero-order valence-corrected chi connectivity index (χ0v) is 8.39. The Hall–Kier alpha value is -1.80. The third-order valence-electron chi connectivity index (χ3n) is 2.05. The van der Waals surface area contributed by atoms with Gasteiger partial charge in [0.1, 0.15) is 0 Å². The van der Waals surface area contributed by atoms with Crippen molar-refractivity contribution in [2.24, 2.45) is 0 Å². The molecular formula is C13H13NO. The average molecular weight is 199 g/mol. The fourth-order valence-electron chi connectivity index (χ4n) is 1.28. The average Bonchev–Trinajstić information content (AvgIpc) is 2.32. The van der Waals surface area contributed by atoms with E-state index < -0.39 is 0 Å². The fourth-order valence-corrected chi connectivity index (χ4v) is 1.28. The van der Waals surface area contributed by atoms with Gasteiger partial charge in [0.25, 0.3) is 0 Å². The molecular weight excluding hydrogens is 186 g/mol. The SMILES string of the molecule is c1ccc(CONc2ccccc2)cc1. The smallest absolute Gasteiger partial charge is 0.0996 e. The Bertz CT molecular complexity index is 346. The monoisotopic (exact) mass is 199 g/mol. The van der Waals surface area contributed by atoms with Crippen LogP contribution in [0.5, 0.6) is 0 Å². The molecule has 2 aromatic carbocycles. The van der Waals surface area contributed by atoms with Crippen LogP contribution in [0.3, 0.4) is 0 Å². The second kappa shape index (κ2) is 5.17. The Morgan fingerprint density at radius 2 is 1.40 bits per heavy atom. The first-order valence-corrected chi connectivity index (χ1v) is 4.92. The van der Waals surface area contributed by atoms with Gasteiger partial charge in [0.15, 0.2) is 0 Å². The van der Waals surface area contributed by atoms with Crippen LogP contribution in [0, 0.1) is 0 Å². The third-order valence-corrected chi connectivity index (χ3v) is 2.05. The van der Waals surface area contributed by atoms with Crippen LogP contribution < -0.4 is 5.48 Å². The standard InChI is InChI=1S/C13H13NO/c1-3-7-12(8-4-1)11-15-14-13-9-5-2-6-10-13/h1-10,14H,11H2. The maximum atomic E-state index is 5.36. The van der Waals surface area contributed by atoms with Crippen molar-refractivity contribution in [3.63, 3.8) is 0 Å². The third kappa shape index (κ3) is 3.11. The molecule has 2 nitrogen and oxygen atoms in total. The molecule has 0 heterocycles. The molecule has 0 saturated carbocycles. The van der Waals surface area contributed by atoms with E-state index in [1.165, 1.54) is 0 Å². The minimum Gasteiger partial charge on any atom is -0.271 e. The summed E-state index contributed by atoms with van der Waals surface area (Å²) in [5.41, 5.74) is 5.01. The van der Waals surface area contributed by atoms with Gasteiger partial charge in [-0.2, -0.15) is 0 Å². The molecule has 2 aromatic rings. The highest BCUT2D eigenvalue weighted by molar-refractivity contribution is 5.40. The highest BCUT2D eigenvalue weighted by Crippen LogP contribution is 2.06. The van der Waals surface area contributed by atoms with Gasteiger partial charge in [-0.25, -0.2) is 0 Å². The number of rotatable bonds is 4. The van der Waals surface area contributed by atoms with E-state index in [0.29, 0.717) is 6.61 Å². The lowest BCUT2D eigenvalue weighted by Crippen LogP contribution is -2.00. The number of anilines is 1. The molecule has 0 atom stereocenters. The second-order valence-corrected chi connectivity index (χ2v) is 3.24. The van der Waals surface area contributed by atoms with Gasteiger partial charge < -0.3 is 0 Å². The van der Waals surface area contributed by atoms with Crippen LogP contribution in [0.1, 0.15) is 5.56 Å². The van der Waals surface area contributed by atoms with E-state index in [4.69, 9.17) is 4.84 Å². The Morgan fingerprint density at radius 3 is 2.07 bits per heavy atom. The van der Waals surface area contributed by atoms with Crippen molar-refractivity contribution in [2.45, 2.75) is 6.61 Å². The Morgan fingerprint density at radius 1 is 0.800 bits per heavy atom. The molecule has 0 aliphatic rings. The lowest BCUT2D eigenvalue weighted by atomic mass is 10.2. The van der Waals surface area contributed by atoms with Gasteiger partial charge in [0.05, 0.1) is 12.3 Å². The first-order valence-electron chi connectivity index (χ1n) is 4.92. The first-order chi connectivity index (χ1) is 7.45. The summed E-state index contributed by atoms with van der Waals surface area (Å²) in [6, 6.07) is 19.9. The molecule has 1 N–H and O–H groups in total.